The molecule has 0 atom stereocenters. The Balaban J connectivity index is 1.73. The van der Waals surface area contributed by atoms with Crippen LogP contribution in [0.1, 0.15) is 10.5 Å². The highest BCUT2D eigenvalue weighted by atomic mass is 19.4. The third kappa shape index (κ3) is 4.57. The largest absolute Gasteiger partial charge is 0.573 e. The van der Waals surface area contributed by atoms with Crippen LogP contribution in [0, 0.1) is 0 Å². The van der Waals surface area contributed by atoms with Gasteiger partial charge in [0.2, 0.25) is 0 Å². The highest BCUT2D eigenvalue weighted by Gasteiger charge is 2.31. The summed E-state index contributed by atoms with van der Waals surface area (Å²) in [4.78, 5) is 17.3. The molecule has 0 fully saturated rings. The fourth-order valence-corrected chi connectivity index (χ4v) is 2.24. The fraction of sp³-hybridized carbons (Fsp3) is 0.111. The molecule has 0 bridgehead atoms. The summed E-state index contributed by atoms with van der Waals surface area (Å²) in [7, 11) is 1.47. The molecule has 0 aliphatic heterocycles. The van der Waals surface area contributed by atoms with Crippen LogP contribution in [0.2, 0.25) is 0 Å². The van der Waals surface area contributed by atoms with Crippen molar-refractivity contribution in [1.82, 2.24) is 15.2 Å². The van der Waals surface area contributed by atoms with Crippen molar-refractivity contribution in [2.45, 2.75) is 6.36 Å². The van der Waals surface area contributed by atoms with Gasteiger partial charge in [-0.05, 0) is 24.3 Å². The van der Waals surface area contributed by atoms with Gasteiger partial charge in [0.15, 0.2) is 5.82 Å². The van der Waals surface area contributed by atoms with Crippen molar-refractivity contribution in [2.24, 2.45) is 0 Å². The van der Waals surface area contributed by atoms with E-state index in [9.17, 15) is 18.0 Å². The molecule has 0 N–H and O–H groups in total. The number of halogens is 3. The number of hydrogen-bond donors (Lipinski definition) is 0. The smallest absolute Gasteiger partial charge is 0.404 e. The Morgan fingerprint density at radius 3 is 2.30 bits per heavy atom. The summed E-state index contributed by atoms with van der Waals surface area (Å²) in [6.07, 6.45) is -3.99. The van der Waals surface area contributed by atoms with E-state index in [0.29, 0.717) is 5.69 Å². The van der Waals surface area contributed by atoms with Crippen LogP contribution in [0.4, 0.5) is 19.0 Å². The number of ether oxygens (including phenoxy) is 1. The molecule has 2 heterocycles. The number of rotatable bonds is 4. The molecule has 9 heteroatoms. The monoisotopic (exact) mass is 374 g/mol. The first-order chi connectivity index (χ1) is 12.8. The average molecular weight is 374 g/mol. The quantitative estimate of drug-likeness (QED) is 0.696. The molecular formula is C18H13F3N4O2. The minimum atomic E-state index is -4.82. The van der Waals surface area contributed by atoms with Gasteiger partial charge in [0, 0.05) is 12.6 Å². The van der Waals surface area contributed by atoms with Gasteiger partial charge in [-0.25, -0.2) is 4.98 Å². The van der Waals surface area contributed by atoms with Crippen molar-refractivity contribution >= 4 is 11.7 Å². The lowest BCUT2D eigenvalue weighted by atomic mass is 10.1. The molecule has 6 nitrogen and oxygen atoms in total. The van der Waals surface area contributed by atoms with E-state index in [1.807, 2.05) is 30.3 Å². The van der Waals surface area contributed by atoms with Crippen LogP contribution < -0.4 is 9.64 Å². The Morgan fingerprint density at radius 2 is 1.74 bits per heavy atom. The maximum Gasteiger partial charge on any atom is 0.573 e. The van der Waals surface area contributed by atoms with Gasteiger partial charge < -0.3 is 4.74 Å². The second kappa shape index (κ2) is 7.40. The number of pyridine rings is 1. The molecule has 0 unspecified atom stereocenters. The molecule has 0 radical (unpaired) electrons. The van der Waals surface area contributed by atoms with Crippen LogP contribution in [0.15, 0.2) is 60.8 Å². The standard InChI is InChI=1S/C18H13F3N4O2/c1-25(16-10-9-14(23-24-16)12-5-3-2-4-6-12)17(26)15-8-7-13(11-22-15)27-18(19,20)21/h2-11H,1H3. The molecule has 3 rings (SSSR count). The van der Waals surface area contributed by atoms with E-state index in [2.05, 4.69) is 19.9 Å². The molecule has 138 valence electrons. The van der Waals surface area contributed by atoms with E-state index in [1.54, 1.807) is 12.1 Å². The maximum absolute atomic E-state index is 12.4. The van der Waals surface area contributed by atoms with E-state index < -0.39 is 18.0 Å². The number of hydrogen-bond acceptors (Lipinski definition) is 5. The zero-order valence-electron chi connectivity index (χ0n) is 14.0. The molecule has 1 aromatic carbocycles. The van der Waals surface area contributed by atoms with Gasteiger partial charge in [-0.1, -0.05) is 30.3 Å². The second-order valence-corrected chi connectivity index (χ2v) is 5.43. The molecule has 27 heavy (non-hydrogen) atoms. The van der Waals surface area contributed by atoms with Gasteiger partial charge in [0.05, 0.1) is 11.9 Å². The summed E-state index contributed by atoms with van der Waals surface area (Å²) in [6, 6.07) is 14.9. The van der Waals surface area contributed by atoms with Crippen molar-refractivity contribution in [3.63, 3.8) is 0 Å². The number of carbonyl (C=O) groups excluding carboxylic acids is 1. The highest BCUT2D eigenvalue weighted by Crippen LogP contribution is 2.22. The summed E-state index contributed by atoms with van der Waals surface area (Å²) < 4.78 is 40.2. The zero-order valence-corrected chi connectivity index (χ0v) is 14.0. The Morgan fingerprint density at radius 1 is 1.00 bits per heavy atom. The Labute approximate surface area is 152 Å². The Hall–Kier alpha value is -3.49. The van der Waals surface area contributed by atoms with Gasteiger partial charge in [0.25, 0.3) is 5.91 Å². The summed E-state index contributed by atoms with van der Waals surface area (Å²) in [5, 5.41) is 8.11. The first-order valence-corrected chi connectivity index (χ1v) is 7.72. The van der Waals surface area contributed by atoms with Gasteiger partial charge in [-0.3, -0.25) is 9.69 Å². The topological polar surface area (TPSA) is 68.2 Å². The van der Waals surface area contributed by atoms with E-state index in [4.69, 9.17) is 0 Å². The normalized spacial score (nSPS) is 11.1. The predicted molar refractivity (Wildman–Crippen MR) is 91.1 cm³/mol. The number of anilines is 1. The number of nitrogens with zero attached hydrogens (tertiary/aromatic N) is 4. The average Bonchev–Trinajstić information content (AvgIpc) is 2.67. The first kappa shape index (κ1) is 18.3. The van der Waals surface area contributed by atoms with Crippen molar-refractivity contribution in [3.8, 4) is 17.0 Å². The van der Waals surface area contributed by atoms with Gasteiger partial charge >= 0.3 is 6.36 Å². The molecule has 1 amide bonds. The maximum atomic E-state index is 12.4. The van der Waals surface area contributed by atoms with Gasteiger partial charge in [0.1, 0.15) is 11.4 Å². The molecule has 0 saturated carbocycles. The Bertz CT molecular complexity index is 914. The van der Waals surface area contributed by atoms with Gasteiger partial charge in [-0.15, -0.1) is 23.4 Å². The third-order valence-electron chi connectivity index (χ3n) is 3.56. The lowest BCUT2D eigenvalue weighted by molar-refractivity contribution is -0.274. The van der Waals surface area contributed by atoms with Crippen LogP contribution in [-0.4, -0.2) is 34.5 Å². The van der Waals surface area contributed by atoms with Crippen molar-refractivity contribution in [2.75, 3.05) is 11.9 Å². The zero-order chi connectivity index (χ0) is 19.4. The van der Waals surface area contributed by atoms with Crippen molar-refractivity contribution in [1.29, 1.82) is 0 Å². The van der Waals surface area contributed by atoms with Crippen molar-refractivity contribution in [3.05, 3.63) is 66.5 Å². The SMILES string of the molecule is CN(C(=O)c1ccc(OC(F)(F)F)cn1)c1ccc(-c2ccccc2)nn1. The van der Waals surface area contributed by atoms with E-state index in [-0.39, 0.29) is 11.5 Å². The van der Waals surface area contributed by atoms with E-state index in [1.165, 1.54) is 11.9 Å². The van der Waals surface area contributed by atoms with Crippen molar-refractivity contribution < 1.29 is 22.7 Å². The number of carbonyl (C=O) groups is 1. The van der Waals surface area contributed by atoms with E-state index >= 15 is 0 Å². The lowest BCUT2D eigenvalue weighted by Crippen LogP contribution is -2.28. The summed E-state index contributed by atoms with van der Waals surface area (Å²) in [5.41, 5.74) is 1.47. The molecular weight excluding hydrogens is 361 g/mol. The lowest BCUT2D eigenvalue weighted by Gasteiger charge is -2.15. The first-order valence-electron chi connectivity index (χ1n) is 7.72. The predicted octanol–water partition coefficient (Wildman–Crippen LogP) is 3.71. The summed E-state index contributed by atoms with van der Waals surface area (Å²) >= 11 is 0. The summed E-state index contributed by atoms with van der Waals surface area (Å²) in [5.74, 6) is -0.777. The van der Waals surface area contributed by atoms with Gasteiger partial charge in [-0.2, -0.15) is 0 Å². The molecule has 0 aliphatic carbocycles. The molecule has 0 aliphatic rings. The Kier molecular flexibility index (Phi) is 5.02. The number of amides is 1. The molecule has 0 spiro atoms. The number of alkyl halides is 3. The van der Waals surface area contributed by atoms with Crippen LogP contribution in [0.3, 0.4) is 0 Å². The highest BCUT2D eigenvalue weighted by molar-refractivity contribution is 6.03. The molecule has 0 saturated heterocycles. The fourth-order valence-electron chi connectivity index (χ4n) is 2.24. The van der Waals surface area contributed by atoms with Crippen LogP contribution in [0.5, 0.6) is 5.75 Å². The van der Waals surface area contributed by atoms with E-state index in [0.717, 1.165) is 23.9 Å². The number of aromatic nitrogens is 3. The second-order valence-electron chi connectivity index (χ2n) is 5.43. The minimum absolute atomic E-state index is 0.0547. The third-order valence-corrected chi connectivity index (χ3v) is 3.56. The minimum Gasteiger partial charge on any atom is -0.404 e. The van der Waals surface area contributed by atoms with Crippen LogP contribution in [0.25, 0.3) is 11.3 Å². The molecule has 3 aromatic rings. The van der Waals surface area contributed by atoms with Crippen LogP contribution >= 0.6 is 0 Å². The number of benzene rings is 1. The summed E-state index contributed by atoms with van der Waals surface area (Å²) in [6.45, 7) is 0. The van der Waals surface area contributed by atoms with Crippen LogP contribution in [-0.2, 0) is 0 Å². The molecule has 2 aromatic heterocycles.